The third kappa shape index (κ3) is 3.43. The fraction of sp³-hybridized carbons (Fsp3) is 0.333. The van der Waals surface area contributed by atoms with Crippen LogP contribution in [-0.4, -0.2) is 23.2 Å². The fourth-order valence-corrected chi connectivity index (χ4v) is 3.38. The summed E-state index contributed by atoms with van der Waals surface area (Å²) in [5, 5.41) is 4.42. The second kappa shape index (κ2) is 7.49. The molecule has 3 aromatic rings. The van der Waals surface area contributed by atoms with Crippen LogP contribution in [0.3, 0.4) is 0 Å². The molecule has 0 saturated carbocycles. The van der Waals surface area contributed by atoms with Gasteiger partial charge in [-0.05, 0) is 38.5 Å². The fourth-order valence-electron chi connectivity index (χ4n) is 2.44. The van der Waals surface area contributed by atoms with Crippen LogP contribution in [0.2, 0.25) is 0 Å². The first-order chi connectivity index (χ1) is 11.7. The molecule has 0 aliphatic heterocycles. The Balaban J connectivity index is 1.93. The van der Waals surface area contributed by atoms with Crippen LogP contribution >= 0.6 is 11.3 Å². The maximum atomic E-state index is 5.68. The number of nitrogens with zero attached hydrogens (tertiary/aromatic N) is 2. The van der Waals surface area contributed by atoms with Gasteiger partial charge in [0.1, 0.15) is 17.0 Å². The quantitative estimate of drug-likeness (QED) is 0.668. The largest absolute Gasteiger partial charge is 0.490 e. The lowest BCUT2D eigenvalue weighted by Crippen LogP contribution is -2.00. The summed E-state index contributed by atoms with van der Waals surface area (Å²) in [6, 6.07) is 7.98. The van der Waals surface area contributed by atoms with Gasteiger partial charge < -0.3 is 14.8 Å². The first-order valence-electron chi connectivity index (χ1n) is 8.15. The van der Waals surface area contributed by atoms with Crippen LogP contribution in [0.4, 0.5) is 11.5 Å². The van der Waals surface area contributed by atoms with Crippen LogP contribution < -0.4 is 14.8 Å². The standard InChI is InChI=1S/C18H21N3O2S/c1-4-13-10-14-17(19-11-20-18(14)24-13)21-12-7-8-15(22-5-2)16(9-12)23-6-3/h7-11H,4-6H2,1-3H3,(H,19,20,21). The SMILES string of the molecule is CCOc1ccc(Nc2ncnc3sc(CC)cc23)cc1OCC. The number of thiophene rings is 1. The summed E-state index contributed by atoms with van der Waals surface area (Å²) >= 11 is 1.71. The first kappa shape index (κ1) is 16.5. The molecular weight excluding hydrogens is 322 g/mol. The number of ether oxygens (including phenoxy) is 2. The average Bonchev–Trinajstić information content (AvgIpc) is 3.02. The lowest BCUT2D eigenvalue weighted by atomic mass is 10.2. The molecule has 126 valence electrons. The van der Waals surface area contributed by atoms with Gasteiger partial charge in [-0.3, -0.25) is 0 Å². The van der Waals surface area contributed by atoms with Crippen molar-refractivity contribution in [2.24, 2.45) is 0 Å². The Labute approximate surface area is 145 Å². The molecule has 3 rings (SSSR count). The van der Waals surface area contributed by atoms with Crippen molar-refractivity contribution in [1.29, 1.82) is 0 Å². The Morgan fingerprint density at radius 2 is 1.79 bits per heavy atom. The minimum Gasteiger partial charge on any atom is -0.490 e. The monoisotopic (exact) mass is 343 g/mol. The summed E-state index contributed by atoms with van der Waals surface area (Å²) in [5.74, 6) is 2.29. The van der Waals surface area contributed by atoms with Gasteiger partial charge in [-0.25, -0.2) is 9.97 Å². The molecule has 0 amide bonds. The van der Waals surface area contributed by atoms with Crippen LogP contribution in [-0.2, 0) is 6.42 Å². The molecule has 0 aliphatic carbocycles. The molecule has 0 unspecified atom stereocenters. The lowest BCUT2D eigenvalue weighted by Gasteiger charge is -2.13. The highest BCUT2D eigenvalue weighted by Crippen LogP contribution is 2.34. The zero-order valence-electron chi connectivity index (χ0n) is 14.1. The number of fused-ring (bicyclic) bond motifs is 1. The number of benzene rings is 1. The Kier molecular flexibility index (Phi) is 5.15. The summed E-state index contributed by atoms with van der Waals surface area (Å²) in [6.07, 6.45) is 2.59. The van der Waals surface area contributed by atoms with E-state index in [1.54, 1.807) is 17.7 Å². The maximum Gasteiger partial charge on any atom is 0.163 e. The van der Waals surface area contributed by atoms with Crippen molar-refractivity contribution in [2.45, 2.75) is 27.2 Å². The minimum absolute atomic E-state index is 0.589. The summed E-state index contributed by atoms with van der Waals surface area (Å²) in [6.45, 7) is 7.26. The van der Waals surface area contributed by atoms with Gasteiger partial charge in [-0.15, -0.1) is 11.3 Å². The van der Waals surface area contributed by atoms with E-state index in [2.05, 4.69) is 28.3 Å². The molecule has 0 bridgehead atoms. The third-order valence-electron chi connectivity index (χ3n) is 3.54. The van der Waals surface area contributed by atoms with Crippen molar-refractivity contribution in [3.05, 3.63) is 35.5 Å². The first-order valence-corrected chi connectivity index (χ1v) is 8.96. The number of rotatable bonds is 7. The predicted molar refractivity (Wildman–Crippen MR) is 98.9 cm³/mol. The molecule has 0 spiro atoms. The van der Waals surface area contributed by atoms with E-state index in [1.807, 2.05) is 32.0 Å². The van der Waals surface area contributed by atoms with Gasteiger partial charge in [0.25, 0.3) is 0 Å². The van der Waals surface area contributed by atoms with Crippen molar-refractivity contribution in [1.82, 2.24) is 9.97 Å². The molecule has 1 aromatic carbocycles. The predicted octanol–water partition coefficient (Wildman–Crippen LogP) is 4.79. The smallest absolute Gasteiger partial charge is 0.163 e. The van der Waals surface area contributed by atoms with Gasteiger partial charge in [-0.1, -0.05) is 6.92 Å². The van der Waals surface area contributed by atoms with Gasteiger partial charge in [0.05, 0.1) is 18.6 Å². The molecule has 0 saturated heterocycles. The molecule has 6 heteroatoms. The maximum absolute atomic E-state index is 5.68. The van der Waals surface area contributed by atoms with Crippen molar-refractivity contribution in [3.8, 4) is 11.5 Å². The Bertz CT molecular complexity index is 832. The molecule has 0 radical (unpaired) electrons. The number of aryl methyl sites for hydroxylation is 1. The van der Waals surface area contributed by atoms with E-state index < -0.39 is 0 Å². The molecule has 0 fully saturated rings. The van der Waals surface area contributed by atoms with Crippen molar-refractivity contribution < 1.29 is 9.47 Å². The van der Waals surface area contributed by atoms with Crippen molar-refractivity contribution in [3.63, 3.8) is 0 Å². The highest BCUT2D eigenvalue weighted by atomic mass is 32.1. The van der Waals surface area contributed by atoms with Gasteiger partial charge in [0.15, 0.2) is 11.5 Å². The molecule has 0 atom stereocenters. The van der Waals surface area contributed by atoms with E-state index in [0.29, 0.717) is 13.2 Å². The number of hydrogen-bond acceptors (Lipinski definition) is 6. The highest BCUT2D eigenvalue weighted by molar-refractivity contribution is 7.18. The third-order valence-corrected chi connectivity index (χ3v) is 4.72. The van der Waals surface area contributed by atoms with Gasteiger partial charge in [-0.2, -0.15) is 0 Å². The van der Waals surface area contributed by atoms with Crippen LogP contribution in [0.15, 0.2) is 30.6 Å². The van der Waals surface area contributed by atoms with E-state index in [9.17, 15) is 0 Å². The molecule has 5 nitrogen and oxygen atoms in total. The van der Waals surface area contributed by atoms with Crippen LogP contribution in [0.1, 0.15) is 25.6 Å². The van der Waals surface area contributed by atoms with Gasteiger partial charge in [0.2, 0.25) is 0 Å². The topological polar surface area (TPSA) is 56.3 Å². The van der Waals surface area contributed by atoms with Crippen molar-refractivity contribution in [2.75, 3.05) is 18.5 Å². The number of hydrogen-bond donors (Lipinski definition) is 1. The summed E-state index contributed by atoms with van der Waals surface area (Å²) < 4.78 is 11.3. The van der Waals surface area contributed by atoms with E-state index >= 15 is 0 Å². The Morgan fingerprint density at radius 3 is 2.54 bits per heavy atom. The van der Waals surface area contributed by atoms with E-state index in [0.717, 1.165) is 39.6 Å². The van der Waals surface area contributed by atoms with Crippen LogP contribution in [0.5, 0.6) is 11.5 Å². The van der Waals surface area contributed by atoms with E-state index in [1.165, 1.54) is 4.88 Å². The molecule has 2 heterocycles. The zero-order chi connectivity index (χ0) is 16.9. The zero-order valence-corrected chi connectivity index (χ0v) is 14.9. The van der Waals surface area contributed by atoms with Gasteiger partial charge in [0, 0.05) is 16.6 Å². The number of nitrogens with one attached hydrogen (secondary N) is 1. The minimum atomic E-state index is 0.589. The van der Waals surface area contributed by atoms with E-state index in [4.69, 9.17) is 9.47 Å². The Morgan fingerprint density at radius 1 is 1.00 bits per heavy atom. The van der Waals surface area contributed by atoms with Crippen LogP contribution in [0.25, 0.3) is 10.2 Å². The molecule has 1 N–H and O–H groups in total. The second-order valence-corrected chi connectivity index (χ2v) is 6.28. The molecular formula is C18H21N3O2S. The summed E-state index contributed by atoms with van der Waals surface area (Å²) in [7, 11) is 0. The second-order valence-electron chi connectivity index (χ2n) is 5.16. The molecule has 24 heavy (non-hydrogen) atoms. The van der Waals surface area contributed by atoms with E-state index in [-0.39, 0.29) is 0 Å². The van der Waals surface area contributed by atoms with Crippen molar-refractivity contribution >= 4 is 33.1 Å². The Hall–Kier alpha value is -2.34. The normalized spacial score (nSPS) is 10.8. The van der Waals surface area contributed by atoms with Gasteiger partial charge >= 0.3 is 0 Å². The average molecular weight is 343 g/mol. The number of anilines is 2. The van der Waals surface area contributed by atoms with Crippen LogP contribution in [0, 0.1) is 0 Å². The highest BCUT2D eigenvalue weighted by Gasteiger charge is 2.10. The lowest BCUT2D eigenvalue weighted by molar-refractivity contribution is 0.288. The number of aromatic nitrogens is 2. The summed E-state index contributed by atoms with van der Waals surface area (Å²) in [4.78, 5) is 11.1. The summed E-state index contributed by atoms with van der Waals surface area (Å²) in [5.41, 5.74) is 0.908. The molecule has 0 aliphatic rings. The molecule has 2 aromatic heterocycles.